The lowest BCUT2D eigenvalue weighted by Crippen LogP contribution is -2.49. The Bertz CT molecular complexity index is 974. The predicted octanol–water partition coefficient (Wildman–Crippen LogP) is 3.19. The van der Waals surface area contributed by atoms with Crippen LogP contribution in [0.15, 0.2) is 67.1 Å². The fourth-order valence-electron chi connectivity index (χ4n) is 3.39. The van der Waals surface area contributed by atoms with Crippen molar-refractivity contribution in [3.63, 3.8) is 0 Å². The molecule has 0 aliphatic carbocycles. The Morgan fingerprint density at radius 1 is 1.00 bits per heavy atom. The van der Waals surface area contributed by atoms with E-state index in [4.69, 9.17) is 0 Å². The van der Waals surface area contributed by atoms with Gasteiger partial charge in [-0.05, 0) is 42.0 Å². The van der Waals surface area contributed by atoms with Gasteiger partial charge in [0, 0.05) is 56.9 Å². The number of hydrogen-bond donors (Lipinski definition) is 1. The van der Waals surface area contributed by atoms with Crippen molar-refractivity contribution in [1.29, 1.82) is 0 Å². The molecule has 0 radical (unpaired) electrons. The number of anilines is 2. The summed E-state index contributed by atoms with van der Waals surface area (Å²) >= 11 is 0. The van der Waals surface area contributed by atoms with Crippen molar-refractivity contribution in [2.24, 2.45) is 0 Å². The molecule has 0 unspecified atom stereocenters. The molecule has 148 valence electrons. The lowest BCUT2D eigenvalue weighted by Gasteiger charge is -2.36. The first-order valence-corrected chi connectivity index (χ1v) is 9.58. The molecule has 0 atom stereocenters. The quantitative estimate of drug-likeness (QED) is 0.724. The second-order valence-electron chi connectivity index (χ2n) is 6.87. The Hall–Kier alpha value is -3.48. The van der Waals surface area contributed by atoms with Crippen LogP contribution in [0.5, 0.6) is 0 Å². The number of aromatic nitrogens is 2. The van der Waals surface area contributed by atoms with E-state index in [1.54, 1.807) is 47.8 Å². The summed E-state index contributed by atoms with van der Waals surface area (Å²) in [5.74, 6) is 0.386. The number of carbonyl (C=O) groups is 1. The molecule has 1 aliphatic rings. The molecule has 2 aromatic heterocycles. The molecule has 1 fully saturated rings. The number of amides is 1. The van der Waals surface area contributed by atoms with Crippen molar-refractivity contribution in [2.45, 2.75) is 6.54 Å². The summed E-state index contributed by atoms with van der Waals surface area (Å²) in [5, 5.41) is 3.23. The molecule has 1 N–H and O–H groups in total. The maximum atomic E-state index is 14.0. The second-order valence-corrected chi connectivity index (χ2v) is 6.87. The summed E-state index contributed by atoms with van der Waals surface area (Å²) in [6.07, 6.45) is 5.12. The van der Waals surface area contributed by atoms with Crippen LogP contribution in [0.2, 0.25) is 0 Å². The first-order chi connectivity index (χ1) is 14.2. The van der Waals surface area contributed by atoms with Gasteiger partial charge in [0.05, 0.1) is 5.69 Å². The lowest BCUT2D eigenvalue weighted by atomic mass is 10.2. The lowest BCUT2D eigenvalue weighted by molar-refractivity contribution is 0.0746. The zero-order chi connectivity index (χ0) is 20.1. The fraction of sp³-hybridized carbons (Fsp3) is 0.227. The summed E-state index contributed by atoms with van der Waals surface area (Å²) in [5.41, 5.74) is 2.27. The van der Waals surface area contributed by atoms with Crippen molar-refractivity contribution >= 4 is 17.4 Å². The van der Waals surface area contributed by atoms with Gasteiger partial charge in [-0.2, -0.15) is 0 Å². The topological polar surface area (TPSA) is 61.4 Å². The van der Waals surface area contributed by atoms with Crippen LogP contribution in [-0.4, -0.2) is 47.0 Å². The van der Waals surface area contributed by atoms with Crippen LogP contribution < -0.4 is 10.2 Å². The highest BCUT2D eigenvalue weighted by molar-refractivity contribution is 5.95. The van der Waals surface area contributed by atoms with Crippen LogP contribution in [-0.2, 0) is 6.54 Å². The smallest absolute Gasteiger partial charge is 0.254 e. The number of rotatable bonds is 5. The van der Waals surface area contributed by atoms with Gasteiger partial charge in [0.1, 0.15) is 11.6 Å². The van der Waals surface area contributed by atoms with Crippen LogP contribution in [0.1, 0.15) is 15.9 Å². The number of para-hydroxylation sites is 1. The zero-order valence-corrected chi connectivity index (χ0v) is 16.0. The van der Waals surface area contributed by atoms with Crippen LogP contribution in [0.4, 0.5) is 15.9 Å². The molecular formula is C22H22FN5O. The third-order valence-corrected chi connectivity index (χ3v) is 4.99. The van der Waals surface area contributed by atoms with Gasteiger partial charge in [-0.25, -0.2) is 9.37 Å². The highest BCUT2D eigenvalue weighted by Gasteiger charge is 2.23. The molecule has 1 amide bonds. The number of benzene rings is 1. The van der Waals surface area contributed by atoms with E-state index in [-0.39, 0.29) is 11.7 Å². The van der Waals surface area contributed by atoms with Crippen molar-refractivity contribution in [2.75, 3.05) is 36.4 Å². The minimum atomic E-state index is -0.230. The Labute approximate surface area is 169 Å². The molecule has 3 aromatic rings. The van der Waals surface area contributed by atoms with Gasteiger partial charge in [0.15, 0.2) is 0 Å². The monoisotopic (exact) mass is 391 g/mol. The molecule has 7 heteroatoms. The second kappa shape index (κ2) is 8.68. The number of pyridine rings is 2. The van der Waals surface area contributed by atoms with Gasteiger partial charge in [0.25, 0.3) is 5.91 Å². The Balaban J connectivity index is 1.37. The maximum Gasteiger partial charge on any atom is 0.254 e. The summed E-state index contributed by atoms with van der Waals surface area (Å²) < 4.78 is 14.0. The molecule has 1 aromatic carbocycles. The molecule has 0 bridgehead atoms. The van der Waals surface area contributed by atoms with E-state index in [9.17, 15) is 9.18 Å². The number of piperazine rings is 1. The standard InChI is InChI=1S/C22H22FN5O/c23-19-3-1-2-4-20(19)27-11-13-28(14-12-27)22(29)18-7-10-25-21(15-18)26-16-17-5-8-24-9-6-17/h1-10,15H,11-14,16H2,(H,25,26). The molecule has 1 saturated heterocycles. The average Bonchev–Trinajstić information content (AvgIpc) is 2.79. The van der Waals surface area contributed by atoms with Crippen molar-refractivity contribution < 1.29 is 9.18 Å². The summed E-state index contributed by atoms with van der Waals surface area (Å²) in [6.45, 7) is 2.91. The van der Waals surface area contributed by atoms with E-state index < -0.39 is 0 Å². The van der Waals surface area contributed by atoms with E-state index in [1.807, 2.05) is 23.1 Å². The van der Waals surface area contributed by atoms with E-state index in [2.05, 4.69) is 15.3 Å². The number of carbonyl (C=O) groups excluding carboxylic acids is 1. The van der Waals surface area contributed by atoms with Gasteiger partial charge in [-0.3, -0.25) is 9.78 Å². The first kappa shape index (κ1) is 18.9. The summed E-state index contributed by atoms with van der Waals surface area (Å²) in [6, 6.07) is 14.1. The minimum absolute atomic E-state index is 0.0347. The van der Waals surface area contributed by atoms with Gasteiger partial charge >= 0.3 is 0 Å². The van der Waals surface area contributed by atoms with Crippen molar-refractivity contribution in [1.82, 2.24) is 14.9 Å². The molecule has 1 aliphatic heterocycles. The highest BCUT2D eigenvalue weighted by Crippen LogP contribution is 2.21. The molecule has 0 spiro atoms. The van der Waals surface area contributed by atoms with Gasteiger partial charge in [-0.15, -0.1) is 0 Å². The molecule has 4 rings (SSSR count). The number of halogens is 1. The molecule has 0 saturated carbocycles. The van der Waals surface area contributed by atoms with Gasteiger partial charge in [0.2, 0.25) is 0 Å². The Kier molecular flexibility index (Phi) is 5.65. The molecule has 29 heavy (non-hydrogen) atoms. The van der Waals surface area contributed by atoms with Crippen LogP contribution in [0, 0.1) is 5.82 Å². The van der Waals surface area contributed by atoms with Gasteiger partial charge < -0.3 is 15.1 Å². The van der Waals surface area contributed by atoms with Crippen LogP contribution in [0.25, 0.3) is 0 Å². The average molecular weight is 391 g/mol. The van der Waals surface area contributed by atoms with Crippen molar-refractivity contribution in [3.8, 4) is 0 Å². The van der Waals surface area contributed by atoms with Gasteiger partial charge in [-0.1, -0.05) is 12.1 Å². The normalized spacial score (nSPS) is 14.0. The number of hydrogen-bond acceptors (Lipinski definition) is 5. The number of nitrogens with zero attached hydrogens (tertiary/aromatic N) is 4. The molecule has 6 nitrogen and oxygen atoms in total. The van der Waals surface area contributed by atoms with Crippen molar-refractivity contribution in [3.05, 3.63) is 84.1 Å². The third-order valence-electron chi connectivity index (χ3n) is 4.99. The van der Waals surface area contributed by atoms with E-state index in [1.165, 1.54) is 6.07 Å². The molecule has 3 heterocycles. The largest absolute Gasteiger partial charge is 0.366 e. The zero-order valence-electron chi connectivity index (χ0n) is 16.0. The third kappa shape index (κ3) is 4.51. The van der Waals surface area contributed by atoms with E-state index >= 15 is 0 Å². The Morgan fingerprint density at radius 3 is 2.52 bits per heavy atom. The minimum Gasteiger partial charge on any atom is -0.366 e. The predicted molar refractivity (Wildman–Crippen MR) is 110 cm³/mol. The highest BCUT2D eigenvalue weighted by atomic mass is 19.1. The van der Waals surface area contributed by atoms with E-state index in [0.717, 1.165) is 5.56 Å². The SMILES string of the molecule is O=C(c1ccnc(NCc2ccncc2)c1)N1CCN(c2ccccc2F)CC1. The maximum absolute atomic E-state index is 14.0. The number of nitrogens with one attached hydrogen (secondary N) is 1. The van der Waals surface area contributed by atoms with Crippen LogP contribution >= 0.6 is 0 Å². The summed E-state index contributed by atoms with van der Waals surface area (Å²) in [4.78, 5) is 25.0. The first-order valence-electron chi connectivity index (χ1n) is 9.58. The Morgan fingerprint density at radius 2 is 1.76 bits per heavy atom. The molecular weight excluding hydrogens is 369 g/mol. The summed E-state index contributed by atoms with van der Waals surface area (Å²) in [7, 11) is 0. The van der Waals surface area contributed by atoms with E-state index in [0.29, 0.717) is 49.8 Å². The van der Waals surface area contributed by atoms with Crippen LogP contribution in [0.3, 0.4) is 0 Å². The fourth-order valence-corrected chi connectivity index (χ4v) is 3.39.